The smallest absolute Gasteiger partial charge is 0.113 e. The molecule has 0 aliphatic heterocycles. The summed E-state index contributed by atoms with van der Waals surface area (Å²) in [5.41, 5.74) is 4.73. The molecule has 1 atom stereocenters. The van der Waals surface area contributed by atoms with E-state index in [-0.39, 0.29) is 0 Å². The molecule has 17 heavy (non-hydrogen) atoms. The Hall–Kier alpha value is -1.12. The summed E-state index contributed by atoms with van der Waals surface area (Å²) >= 11 is 1.68. The Morgan fingerprint density at radius 1 is 0.941 bits per heavy atom. The Morgan fingerprint density at radius 3 is 2.18 bits per heavy atom. The number of rotatable bonds is 2. The predicted molar refractivity (Wildman–Crippen MR) is 73.8 cm³/mol. The van der Waals surface area contributed by atoms with E-state index in [0.29, 0.717) is 0 Å². The third-order valence-corrected chi connectivity index (χ3v) is 4.51. The Kier molecular flexibility index (Phi) is 3.36. The number of hydrogen-bond donors (Lipinski definition) is 1. The van der Waals surface area contributed by atoms with Crippen LogP contribution in [0, 0.1) is 27.7 Å². The standard InChI is InChI=1S/C15H18OS/c1-9-5-6-13(7-10(9)2)15(16)14-8-11(3)12(4)17-14/h5-8,15-16H,1-4H3. The topological polar surface area (TPSA) is 20.2 Å². The molecule has 0 fully saturated rings. The van der Waals surface area contributed by atoms with E-state index in [2.05, 4.69) is 45.9 Å². The minimum atomic E-state index is -0.494. The summed E-state index contributed by atoms with van der Waals surface area (Å²) in [5, 5.41) is 10.4. The zero-order valence-corrected chi connectivity index (χ0v) is 11.6. The Labute approximate surface area is 107 Å². The first-order valence-corrected chi connectivity index (χ1v) is 6.63. The molecule has 90 valence electrons. The lowest BCUT2D eigenvalue weighted by Gasteiger charge is -2.11. The summed E-state index contributed by atoms with van der Waals surface area (Å²) in [6.07, 6.45) is -0.494. The highest BCUT2D eigenvalue weighted by Gasteiger charge is 2.14. The van der Waals surface area contributed by atoms with Crippen molar-refractivity contribution in [2.24, 2.45) is 0 Å². The van der Waals surface area contributed by atoms with Crippen molar-refractivity contribution in [3.8, 4) is 0 Å². The van der Waals surface area contributed by atoms with Gasteiger partial charge in [0, 0.05) is 9.75 Å². The van der Waals surface area contributed by atoms with Crippen molar-refractivity contribution in [1.82, 2.24) is 0 Å². The van der Waals surface area contributed by atoms with Crippen molar-refractivity contribution < 1.29 is 5.11 Å². The van der Waals surface area contributed by atoms with E-state index >= 15 is 0 Å². The molecule has 2 aromatic rings. The fraction of sp³-hybridized carbons (Fsp3) is 0.333. The zero-order valence-electron chi connectivity index (χ0n) is 10.7. The number of aliphatic hydroxyl groups excluding tert-OH is 1. The van der Waals surface area contributed by atoms with Crippen LogP contribution < -0.4 is 0 Å². The maximum Gasteiger partial charge on any atom is 0.113 e. The van der Waals surface area contributed by atoms with Crippen LogP contribution in [0.1, 0.15) is 38.1 Å². The predicted octanol–water partition coefficient (Wildman–Crippen LogP) is 4.06. The number of aliphatic hydroxyl groups is 1. The number of aryl methyl sites for hydroxylation is 4. The summed E-state index contributed by atoms with van der Waals surface area (Å²) in [7, 11) is 0. The van der Waals surface area contributed by atoms with Gasteiger partial charge in [-0.15, -0.1) is 11.3 Å². The van der Waals surface area contributed by atoms with Gasteiger partial charge in [0.2, 0.25) is 0 Å². The van der Waals surface area contributed by atoms with Gasteiger partial charge in [-0.05, 0) is 56.0 Å². The molecule has 2 rings (SSSR count). The third-order valence-electron chi connectivity index (χ3n) is 3.30. The SMILES string of the molecule is Cc1ccc(C(O)c2cc(C)c(C)s2)cc1C. The van der Waals surface area contributed by atoms with Crippen LogP contribution in [0.3, 0.4) is 0 Å². The van der Waals surface area contributed by atoms with Gasteiger partial charge in [0.25, 0.3) is 0 Å². The largest absolute Gasteiger partial charge is 0.383 e. The molecule has 1 aromatic heterocycles. The van der Waals surface area contributed by atoms with Crippen LogP contribution in [-0.4, -0.2) is 5.11 Å². The molecule has 1 unspecified atom stereocenters. The molecular formula is C15H18OS. The average molecular weight is 246 g/mol. The normalized spacial score (nSPS) is 12.8. The summed E-state index contributed by atoms with van der Waals surface area (Å²) in [6.45, 7) is 8.35. The highest BCUT2D eigenvalue weighted by Crippen LogP contribution is 2.31. The van der Waals surface area contributed by atoms with Crippen LogP contribution in [0.25, 0.3) is 0 Å². The second kappa shape index (κ2) is 4.63. The van der Waals surface area contributed by atoms with Crippen LogP contribution in [0.2, 0.25) is 0 Å². The molecule has 0 bridgehead atoms. The minimum Gasteiger partial charge on any atom is -0.383 e. The van der Waals surface area contributed by atoms with Gasteiger partial charge in [0.1, 0.15) is 6.10 Å². The Morgan fingerprint density at radius 2 is 1.65 bits per heavy atom. The van der Waals surface area contributed by atoms with Crippen molar-refractivity contribution in [2.75, 3.05) is 0 Å². The molecule has 0 spiro atoms. The summed E-state index contributed by atoms with van der Waals surface area (Å²) in [6, 6.07) is 8.24. The molecule has 0 amide bonds. The molecule has 0 radical (unpaired) electrons. The second-order valence-electron chi connectivity index (χ2n) is 4.63. The van der Waals surface area contributed by atoms with Gasteiger partial charge in [0.15, 0.2) is 0 Å². The summed E-state index contributed by atoms with van der Waals surface area (Å²) < 4.78 is 0. The molecule has 0 aliphatic rings. The molecule has 1 nitrogen and oxygen atoms in total. The number of thiophene rings is 1. The zero-order chi connectivity index (χ0) is 12.6. The number of benzene rings is 1. The van der Waals surface area contributed by atoms with Gasteiger partial charge in [-0.1, -0.05) is 18.2 Å². The van der Waals surface area contributed by atoms with Crippen molar-refractivity contribution in [3.05, 3.63) is 56.3 Å². The van der Waals surface area contributed by atoms with Crippen molar-refractivity contribution >= 4 is 11.3 Å². The van der Waals surface area contributed by atoms with Crippen molar-refractivity contribution in [2.45, 2.75) is 33.8 Å². The fourth-order valence-electron chi connectivity index (χ4n) is 1.84. The first-order chi connectivity index (χ1) is 7.99. The molecular weight excluding hydrogens is 228 g/mol. The van der Waals surface area contributed by atoms with Gasteiger partial charge < -0.3 is 5.11 Å². The molecule has 0 saturated carbocycles. The average Bonchev–Trinajstić information content (AvgIpc) is 2.62. The van der Waals surface area contributed by atoms with E-state index in [1.54, 1.807) is 11.3 Å². The summed E-state index contributed by atoms with van der Waals surface area (Å²) in [5.74, 6) is 0. The molecule has 1 aromatic carbocycles. The van der Waals surface area contributed by atoms with Crippen LogP contribution >= 0.6 is 11.3 Å². The first-order valence-electron chi connectivity index (χ1n) is 5.81. The van der Waals surface area contributed by atoms with Crippen LogP contribution in [-0.2, 0) is 0 Å². The Balaban J connectivity index is 2.36. The Bertz CT molecular complexity index is 520. The van der Waals surface area contributed by atoms with Crippen molar-refractivity contribution in [1.29, 1.82) is 0 Å². The first kappa shape index (κ1) is 12.3. The lowest BCUT2D eigenvalue weighted by Crippen LogP contribution is -1.98. The van der Waals surface area contributed by atoms with E-state index in [4.69, 9.17) is 0 Å². The van der Waals surface area contributed by atoms with Gasteiger partial charge in [-0.3, -0.25) is 0 Å². The van der Waals surface area contributed by atoms with Crippen LogP contribution in [0.15, 0.2) is 24.3 Å². The number of hydrogen-bond acceptors (Lipinski definition) is 2. The van der Waals surface area contributed by atoms with Gasteiger partial charge in [-0.2, -0.15) is 0 Å². The minimum absolute atomic E-state index is 0.494. The highest BCUT2D eigenvalue weighted by atomic mass is 32.1. The van der Waals surface area contributed by atoms with E-state index in [1.807, 2.05) is 6.07 Å². The quantitative estimate of drug-likeness (QED) is 0.847. The van der Waals surface area contributed by atoms with Gasteiger partial charge >= 0.3 is 0 Å². The second-order valence-corrected chi connectivity index (χ2v) is 5.92. The van der Waals surface area contributed by atoms with E-state index < -0.39 is 6.10 Å². The van der Waals surface area contributed by atoms with E-state index in [9.17, 15) is 5.11 Å². The molecule has 0 aliphatic carbocycles. The lowest BCUT2D eigenvalue weighted by molar-refractivity contribution is 0.224. The molecule has 1 heterocycles. The lowest BCUT2D eigenvalue weighted by atomic mass is 10.0. The third kappa shape index (κ3) is 2.43. The van der Waals surface area contributed by atoms with E-state index in [0.717, 1.165) is 10.4 Å². The molecule has 2 heteroatoms. The van der Waals surface area contributed by atoms with Crippen LogP contribution in [0.4, 0.5) is 0 Å². The maximum atomic E-state index is 10.4. The van der Waals surface area contributed by atoms with Crippen molar-refractivity contribution in [3.63, 3.8) is 0 Å². The van der Waals surface area contributed by atoms with E-state index in [1.165, 1.54) is 21.6 Å². The van der Waals surface area contributed by atoms with Crippen LogP contribution in [0.5, 0.6) is 0 Å². The maximum absolute atomic E-state index is 10.4. The highest BCUT2D eigenvalue weighted by molar-refractivity contribution is 7.12. The van der Waals surface area contributed by atoms with Gasteiger partial charge in [0.05, 0.1) is 0 Å². The summed E-state index contributed by atoms with van der Waals surface area (Å²) in [4.78, 5) is 2.31. The fourth-order valence-corrected chi connectivity index (χ4v) is 2.89. The van der Waals surface area contributed by atoms with Gasteiger partial charge in [-0.25, -0.2) is 0 Å². The molecule has 0 saturated heterocycles. The monoisotopic (exact) mass is 246 g/mol. The molecule has 1 N–H and O–H groups in total.